The molecule has 2 bridgehead atoms. The van der Waals surface area contributed by atoms with Crippen molar-refractivity contribution >= 4 is 68.8 Å². The molecule has 0 radical (unpaired) electrons. The van der Waals surface area contributed by atoms with E-state index in [0.717, 1.165) is 49.0 Å². The summed E-state index contributed by atoms with van der Waals surface area (Å²) in [7, 11) is 1.70. The van der Waals surface area contributed by atoms with Gasteiger partial charge in [0, 0.05) is 87.0 Å². The number of carbonyl (C=O) groups excluding carboxylic acids is 6. The molecule has 5 fully saturated rings. The van der Waals surface area contributed by atoms with Crippen LogP contribution in [0.25, 0.3) is 32.9 Å². The summed E-state index contributed by atoms with van der Waals surface area (Å²) in [6, 6.07) is 11.9. The van der Waals surface area contributed by atoms with Crippen molar-refractivity contribution < 1.29 is 47.0 Å². The number of unbranched alkanes of at least 4 members (excludes halogenated alkanes) is 3. The molecule has 0 saturated carbocycles. The number of benzene rings is 3. The van der Waals surface area contributed by atoms with Gasteiger partial charge < -0.3 is 29.9 Å². The van der Waals surface area contributed by atoms with Crippen LogP contribution in [0.15, 0.2) is 66.9 Å². The van der Waals surface area contributed by atoms with Gasteiger partial charge in [-0.25, -0.2) is 13.6 Å². The van der Waals surface area contributed by atoms with E-state index in [1.807, 2.05) is 0 Å². The van der Waals surface area contributed by atoms with Gasteiger partial charge in [-0.15, -0.1) is 6.42 Å². The summed E-state index contributed by atoms with van der Waals surface area (Å²) >= 11 is 0. The summed E-state index contributed by atoms with van der Waals surface area (Å²) in [6.07, 6.45) is 14.2. The first-order valence-electron chi connectivity index (χ1n) is 26.3. The number of ether oxygens (including phenoxy) is 2. The van der Waals surface area contributed by atoms with E-state index in [9.17, 15) is 28.8 Å². The summed E-state index contributed by atoms with van der Waals surface area (Å²) in [4.78, 5) is 97.5. The second kappa shape index (κ2) is 20.9. The number of hydrogen-bond donors (Lipinski definition) is 3. The molecule has 6 aliphatic rings. The molecule has 0 aliphatic carbocycles. The quantitative estimate of drug-likeness (QED) is 0.0410. The minimum Gasteiger partial charge on any atom is -0.461 e. The van der Waals surface area contributed by atoms with Crippen LogP contribution in [0.1, 0.15) is 103 Å². The Morgan fingerprint density at radius 1 is 0.961 bits per heavy atom. The topological polar surface area (TPSA) is 209 Å². The van der Waals surface area contributed by atoms with Gasteiger partial charge in [0.25, 0.3) is 11.8 Å². The lowest BCUT2D eigenvalue weighted by Gasteiger charge is -2.35. The van der Waals surface area contributed by atoms with Crippen molar-refractivity contribution in [2.45, 2.75) is 107 Å². The molecule has 77 heavy (non-hydrogen) atoms. The van der Waals surface area contributed by atoms with E-state index < -0.39 is 52.9 Å². The zero-order valence-electron chi connectivity index (χ0n) is 42.7. The van der Waals surface area contributed by atoms with Gasteiger partial charge >= 0.3 is 12.1 Å². The monoisotopic (exact) mass is 1050 g/mol. The van der Waals surface area contributed by atoms with Crippen molar-refractivity contribution in [1.29, 1.82) is 0 Å². The Hall–Kier alpha value is -7.89. The van der Waals surface area contributed by atoms with E-state index >= 15 is 8.78 Å². The number of aromatic nitrogens is 3. The number of pyridine rings is 1. The first kappa shape index (κ1) is 51.2. The number of hydrogen-bond acceptors (Lipinski definition) is 14. The zero-order chi connectivity index (χ0) is 53.7. The fraction of sp³-hybridized carbons (Fsp3) is 0.421. The van der Waals surface area contributed by atoms with Gasteiger partial charge in [0.15, 0.2) is 5.82 Å². The van der Waals surface area contributed by atoms with Crippen molar-refractivity contribution in [3.63, 3.8) is 0 Å². The molecule has 11 rings (SSSR count). The Balaban J connectivity index is 0.681. The highest BCUT2D eigenvalue weighted by atomic mass is 19.1. The highest BCUT2D eigenvalue weighted by Crippen LogP contribution is 2.45. The van der Waals surface area contributed by atoms with Crippen LogP contribution in [-0.4, -0.2) is 141 Å². The number of piperazine rings is 1. The molecule has 6 amide bonds. The zero-order valence-corrected chi connectivity index (χ0v) is 42.7. The molecule has 398 valence electrons. The van der Waals surface area contributed by atoms with E-state index in [1.54, 1.807) is 42.4 Å². The van der Waals surface area contributed by atoms with Gasteiger partial charge in [0.1, 0.15) is 42.1 Å². The SMILES string of the molecule is C#Cc1c(F)ccc2cccc(-c3ncc4c(N5CC6CCC(C5)N6)nc(OCC56CCC(COC(=O)N(C)CCCCCCC(=O)Nc7ccc8c(c7)C(=O)N(C7CCC(=O)NC7=O)C8=O)N5CC(=C)C6)nc4c3F)c12. The number of nitrogens with zero attached hydrogens (tertiary/aromatic N) is 7. The number of imide groups is 2. The number of carbonyl (C=O) groups is 6. The predicted molar refractivity (Wildman–Crippen MR) is 281 cm³/mol. The molecule has 0 spiro atoms. The third-order valence-corrected chi connectivity index (χ3v) is 16.1. The Morgan fingerprint density at radius 2 is 1.75 bits per heavy atom. The smallest absolute Gasteiger partial charge is 0.409 e. The summed E-state index contributed by atoms with van der Waals surface area (Å²) in [5, 5.41) is 10.1. The van der Waals surface area contributed by atoms with Gasteiger partial charge in [-0.05, 0) is 81.0 Å². The molecule has 8 heterocycles. The van der Waals surface area contributed by atoms with Crippen LogP contribution in [0, 0.1) is 24.0 Å². The average molecular weight is 1050 g/mol. The van der Waals surface area contributed by atoms with Crippen LogP contribution >= 0.6 is 0 Å². The van der Waals surface area contributed by atoms with Gasteiger partial charge in [0.2, 0.25) is 17.7 Å². The highest BCUT2D eigenvalue weighted by Gasteiger charge is 2.52. The minimum atomic E-state index is -1.08. The third-order valence-electron chi connectivity index (χ3n) is 16.1. The normalized spacial score (nSPS) is 22.9. The molecule has 6 aliphatic heterocycles. The number of halogens is 2. The molecular weight excluding hydrogens is 991 g/mol. The van der Waals surface area contributed by atoms with Crippen LogP contribution in [0.3, 0.4) is 0 Å². The van der Waals surface area contributed by atoms with Crippen LogP contribution in [0.5, 0.6) is 6.01 Å². The van der Waals surface area contributed by atoms with E-state index in [-0.39, 0.29) is 90.4 Å². The average Bonchev–Trinajstić information content (AvgIpc) is 4.12. The minimum absolute atomic E-state index is 0.0167. The van der Waals surface area contributed by atoms with Crippen LogP contribution in [0.2, 0.25) is 0 Å². The van der Waals surface area contributed by atoms with Crippen molar-refractivity contribution in [2.24, 2.45) is 0 Å². The largest absolute Gasteiger partial charge is 0.461 e. The van der Waals surface area contributed by atoms with Crippen molar-refractivity contribution in [3.8, 4) is 29.6 Å². The van der Waals surface area contributed by atoms with Crippen molar-refractivity contribution in [3.05, 3.63) is 95.2 Å². The number of terminal acetylenes is 1. The fourth-order valence-corrected chi connectivity index (χ4v) is 12.3. The van der Waals surface area contributed by atoms with Crippen molar-refractivity contribution in [2.75, 3.05) is 56.7 Å². The van der Waals surface area contributed by atoms with E-state index in [1.165, 1.54) is 24.3 Å². The first-order chi connectivity index (χ1) is 37.2. The summed E-state index contributed by atoms with van der Waals surface area (Å²) in [5.74, 6) is -0.995. The van der Waals surface area contributed by atoms with Gasteiger partial charge in [-0.1, -0.05) is 55.2 Å². The van der Waals surface area contributed by atoms with Gasteiger partial charge in [-0.2, -0.15) is 9.97 Å². The molecule has 18 nitrogen and oxygen atoms in total. The summed E-state index contributed by atoms with van der Waals surface area (Å²) < 4.78 is 44.7. The second-order valence-corrected chi connectivity index (χ2v) is 21.2. The van der Waals surface area contributed by atoms with Crippen molar-refractivity contribution in [1.82, 2.24) is 40.3 Å². The Labute approximate surface area is 442 Å². The molecule has 2 aromatic heterocycles. The number of anilines is 2. The summed E-state index contributed by atoms with van der Waals surface area (Å²) in [5.41, 5.74) is 1.48. The lowest BCUT2D eigenvalue weighted by atomic mass is 9.94. The number of amides is 6. The Kier molecular flexibility index (Phi) is 13.9. The maximum atomic E-state index is 17.2. The van der Waals surface area contributed by atoms with Crippen LogP contribution in [0.4, 0.5) is 25.1 Å². The number of rotatable bonds is 16. The molecule has 5 atom stereocenters. The van der Waals surface area contributed by atoms with E-state index in [4.69, 9.17) is 25.9 Å². The maximum absolute atomic E-state index is 17.2. The van der Waals surface area contributed by atoms with Crippen LogP contribution < -0.4 is 25.6 Å². The first-order valence-corrected chi connectivity index (χ1v) is 26.3. The molecule has 20 heteroatoms. The lowest BCUT2D eigenvalue weighted by molar-refractivity contribution is -0.136. The number of piperidine rings is 1. The highest BCUT2D eigenvalue weighted by molar-refractivity contribution is 6.24. The number of nitrogens with one attached hydrogen (secondary N) is 3. The third kappa shape index (κ3) is 9.82. The van der Waals surface area contributed by atoms with Crippen LogP contribution in [-0.2, 0) is 19.1 Å². The van der Waals surface area contributed by atoms with E-state index in [0.29, 0.717) is 78.7 Å². The van der Waals surface area contributed by atoms with Gasteiger partial charge in [0.05, 0.1) is 27.6 Å². The predicted octanol–water partition coefficient (Wildman–Crippen LogP) is 6.65. The second-order valence-electron chi connectivity index (χ2n) is 21.2. The number of fused-ring (bicyclic) bond motifs is 6. The molecular formula is C57H58F2N10O8. The molecule has 5 unspecified atom stereocenters. The van der Waals surface area contributed by atoms with E-state index in [2.05, 4.69) is 43.2 Å². The molecule has 5 aromatic rings. The Bertz CT molecular complexity index is 3340. The lowest BCUT2D eigenvalue weighted by Crippen LogP contribution is -2.54. The maximum Gasteiger partial charge on any atom is 0.409 e. The standard InChI is InChI=1S/C57H58F2N10O8/c1-4-38-43(58)18-13-33-10-9-11-40(47(33)38)49-48(59)50-42(26-60-49)51(67-28-35-14-15-36(29-67)61-35)65-55(64-50)77-31-57-22-21-37(68(57)27-32(2)25-57)30-76-56(75)66(3)23-8-6-5-7-12-45(70)62-34-16-17-39-41(24-34)54(74)69(53(39)73)44-19-20-46(71)63-52(44)72/h1,9-11,13,16-18,24,26,35-37,44,61H,2,5-8,12,14-15,19-23,25,27-31H2,3H3,(H,62,70)(H,63,71,72). The van der Waals surface area contributed by atoms with Gasteiger partial charge in [-0.3, -0.25) is 44.1 Å². The molecule has 3 aromatic carbocycles. The molecule has 3 N–H and O–H groups in total. The Morgan fingerprint density at radius 3 is 2.55 bits per heavy atom. The molecule has 5 saturated heterocycles. The fourth-order valence-electron chi connectivity index (χ4n) is 12.3. The summed E-state index contributed by atoms with van der Waals surface area (Å²) in [6.45, 7) is 7.08.